The molecule has 29 heteroatoms. The van der Waals surface area contributed by atoms with E-state index in [2.05, 4.69) is 55.1 Å². The van der Waals surface area contributed by atoms with Crippen LogP contribution in [-0.2, 0) is 0 Å². The molecule has 0 bridgehead atoms. The lowest BCUT2D eigenvalue weighted by atomic mass is 9.96. The van der Waals surface area contributed by atoms with Crippen molar-refractivity contribution in [2.24, 2.45) is 0 Å². The summed E-state index contributed by atoms with van der Waals surface area (Å²) >= 11 is 20.0. The van der Waals surface area contributed by atoms with Gasteiger partial charge in [0.1, 0.15) is 81.6 Å². The second-order valence-electron chi connectivity index (χ2n) is 25.9. The first-order valence-corrected chi connectivity index (χ1v) is 35.5. The number of imidazole rings is 1. The van der Waals surface area contributed by atoms with E-state index in [-0.39, 0.29) is 83.3 Å². The summed E-state index contributed by atoms with van der Waals surface area (Å²) in [5.41, 5.74) is 3.43. The monoisotopic (exact) mass is 1510 g/mol. The third-order valence-corrected chi connectivity index (χ3v) is 20.5. The van der Waals surface area contributed by atoms with Crippen LogP contribution in [0.15, 0.2) is 189 Å². The van der Waals surface area contributed by atoms with Crippen molar-refractivity contribution < 1.29 is 42.9 Å². The number of nitrogens with zero attached hydrogens (tertiary/aromatic N) is 14. The number of anilines is 3. The number of benzene rings is 9. The number of piperazine rings is 3. The number of phenolic OH excluding ortho intramolecular Hbond substituents is 3. The van der Waals surface area contributed by atoms with Gasteiger partial charge in [-0.05, 0) is 122 Å². The SMILES string of the molecule is O=C(c1ccc[nH]1)N1CCN(c2ncnc3c(F)c(-c4cc(O)cc5ccccc45)c(Cl)cc23)CC1.O=C(c1ccn[nH]1)N1CCN(c2ncnc3c(F)c(-c4cc(O)cc5ccccc45)c(Cl)cc23)CC1.O=C(c1ncc[nH]1)N1CCN(c2ncnc3c(F)c(-c4cc(O)cc5ccccc45)c(Cl)cc23)CC1. The van der Waals surface area contributed by atoms with Gasteiger partial charge in [-0.25, -0.2) is 48.1 Å². The van der Waals surface area contributed by atoms with Crippen LogP contribution in [-0.4, -0.2) is 181 Å². The quantitative estimate of drug-likeness (QED) is 0.0783. The van der Waals surface area contributed by atoms with Crippen molar-refractivity contribution in [2.45, 2.75) is 0 Å². The Bertz CT molecular complexity index is 5430. The Hall–Kier alpha value is -12.7. The van der Waals surface area contributed by atoms with E-state index in [1.807, 2.05) is 87.5 Å². The highest BCUT2D eigenvalue weighted by atomic mass is 35.5. The Morgan fingerprint density at radius 2 is 0.741 bits per heavy atom. The molecule has 3 fully saturated rings. The molecule has 3 aliphatic rings. The summed E-state index contributed by atoms with van der Waals surface area (Å²) < 4.78 is 48.0. The van der Waals surface area contributed by atoms with E-state index < -0.39 is 17.5 Å². The number of H-pyrrole nitrogens is 3. The second-order valence-corrected chi connectivity index (χ2v) is 27.1. The summed E-state index contributed by atoms with van der Waals surface area (Å²) in [6.07, 6.45) is 10.4. The van der Waals surface area contributed by atoms with Gasteiger partial charge in [0.15, 0.2) is 23.3 Å². The molecule has 0 atom stereocenters. The number of carbonyl (C=O) groups is 3. The molecular weight excluding hydrogens is 1450 g/mol. The molecule has 15 aromatic rings. The Morgan fingerprint density at radius 1 is 0.370 bits per heavy atom. The molecule has 0 saturated carbocycles. The van der Waals surface area contributed by atoms with Crippen LogP contribution >= 0.6 is 34.8 Å². The van der Waals surface area contributed by atoms with Crippen molar-refractivity contribution >= 4 is 135 Å². The van der Waals surface area contributed by atoms with Crippen molar-refractivity contribution in [1.82, 2.24) is 69.8 Å². The molecule has 6 N–H and O–H groups in total. The predicted molar refractivity (Wildman–Crippen MR) is 410 cm³/mol. The van der Waals surface area contributed by atoms with Gasteiger partial charge in [-0.3, -0.25) is 19.5 Å². The summed E-state index contributed by atoms with van der Waals surface area (Å²) in [6, 6.07) is 41.9. The molecular formula is C79H61Cl3F3N17O6. The van der Waals surface area contributed by atoms with Gasteiger partial charge >= 0.3 is 0 Å². The van der Waals surface area contributed by atoms with Crippen molar-refractivity contribution in [2.75, 3.05) is 93.2 Å². The standard InChI is InChI=1S/C27H21ClFN5O2.2C26H20ClFN6O2/c28-21-14-20-25(24(29)23(21)19-13-17(35)12-16-4-1-2-5-18(16)19)31-15-32-26(20)33-8-10-34(11-9-33)27(36)22-6-3-7-30-22;27-20-13-19-23(22(28)21(20)18-12-16(35)11-15-3-1-2-4-17(15)18)31-14-32-25(19)33-7-9-34(10-8-33)26(36)24-29-5-6-30-24;27-20-13-19-24(23(28)22(20)18-12-16(35)11-15-3-1-2-4-17(15)18)29-14-30-25(19)33-7-9-34(10-8-33)26(36)21-5-6-31-32-21/h1-7,12-15,30,35H,8-11H2;1-6,11-14,35H,7-10H2,(H,29,30);1-6,11-14,35H,7-10H2,(H,31,32). The topological polar surface area (TPSA) is 282 Å². The average Bonchev–Trinajstić information content (AvgIpc) is 0.834. The van der Waals surface area contributed by atoms with E-state index in [4.69, 9.17) is 34.8 Å². The minimum atomic E-state index is -0.580. The molecule has 0 spiro atoms. The Balaban J connectivity index is 0.000000124. The van der Waals surface area contributed by atoms with Crippen LogP contribution in [0.4, 0.5) is 30.6 Å². The van der Waals surface area contributed by atoms with Gasteiger partial charge < -0.3 is 54.7 Å². The van der Waals surface area contributed by atoms with E-state index in [0.717, 1.165) is 32.3 Å². The van der Waals surface area contributed by atoms with E-state index in [1.165, 1.54) is 37.2 Å². The fraction of sp³-hybridized carbons (Fsp3) is 0.152. The van der Waals surface area contributed by atoms with E-state index in [0.29, 0.717) is 146 Å². The van der Waals surface area contributed by atoms with E-state index in [9.17, 15) is 29.7 Å². The number of hydrogen-bond donors (Lipinski definition) is 6. The summed E-state index contributed by atoms with van der Waals surface area (Å²) in [7, 11) is 0. The Morgan fingerprint density at radius 3 is 1.08 bits per heavy atom. The van der Waals surface area contributed by atoms with Gasteiger partial charge in [0, 0.05) is 136 Å². The van der Waals surface area contributed by atoms with Crippen LogP contribution in [0.3, 0.4) is 0 Å². The number of hydrogen-bond acceptors (Lipinski definition) is 17. The summed E-state index contributed by atoms with van der Waals surface area (Å²) in [6.45, 7) is 6.04. The fourth-order valence-corrected chi connectivity index (χ4v) is 15.3. The number of nitrogens with one attached hydrogen (secondary N) is 3. The van der Waals surface area contributed by atoms with Gasteiger partial charge in [0.2, 0.25) is 0 Å². The minimum Gasteiger partial charge on any atom is -0.508 e. The maximum Gasteiger partial charge on any atom is 0.289 e. The number of halogens is 6. The average molecular weight is 1510 g/mol. The number of aromatic amines is 3. The number of amides is 3. The number of fused-ring (bicyclic) bond motifs is 6. The van der Waals surface area contributed by atoms with Gasteiger partial charge in [0.25, 0.3) is 17.7 Å². The van der Waals surface area contributed by atoms with Crippen LogP contribution in [0.2, 0.25) is 15.1 Å². The highest BCUT2D eigenvalue weighted by molar-refractivity contribution is 6.36. The molecule has 9 aromatic carbocycles. The van der Waals surface area contributed by atoms with Gasteiger partial charge in [-0.15, -0.1) is 0 Å². The second kappa shape index (κ2) is 29.4. The third kappa shape index (κ3) is 13.2. The normalized spacial score (nSPS) is 14.1. The highest BCUT2D eigenvalue weighted by Gasteiger charge is 2.32. The lowest BCUT2D eigenvalue weighted by Crippen LogP contribution is -2.49. The van der Waals surface area contributed by atoms with Crippen molar-refractivity contribution in [3.8, 4) is 50.6 Å². The van der Waals surface area contributed by atoms with Crippen LogP contribution in [0.1, 0.15) is 31.6 Å². The van der Waals surface area contributed by atoms with Crippen LogP contribution in [0.5, 0.6) is 17.2 Å². The summed E-state index contributed by atoms with van der Waals surface area (Å²) in [5, 5.41) is 44.0. The predicted octanol–water partition coefficient (Wildman–Crippen LogP) is 14.5. The number of carbonyl (C=O) groups excluding carboxylic acids is 3. The molecule has 3 aliphatic heterocycles. The lowest BCUT2D eigenvalue weighted by Gasteiger charge is -2.35. The lowest BCUT2D eigenvalue weighted by molar-refractivity contribution is 0.0729. The van der Waals surface area contributed by atoms with Crippen LogP contribution < -0.4 is 14.7 Å². The first-order chi connectivity index (χ1) is 52.5. The summed E-state index contributed by atoms with van der Waals surface area (Å²) in [5.74, 6) is -0.0164. The number of rotatable bonds is 9. The van der Waals surface area contributed by atoms with Crippen molar-refractivity contribution in [3.63, 3.8) is 0 Å². The molecule has 3 saturated heterocycles. The van der Waals surface area contributed by atoms with Gasteiger partial charge in [-0.2, -0.15) is 5.10 Å². The number of phenols is 3. The largest absolute Gasteiger partial charge is 0.508 e. The first-order valence-electron chi connectivity index (χ1n) is 34.3. The van der Waals surface area contributed by atoms with Crippen LogP contribution in [0, 0.1) is 17.5 Å². The summed E-state index contributed by atoms with van der Waals surface area (Å²) in [4.78, 5) is 85.0. The van der Waals surface area contributed by atoms with Gasteiger partial charge in [0.05, 0.1) is 15.1 Å². The first kappa shape index (κ1) is 69.7. The molecule has 6 aromatic heterocycles. The van der Waals surface area contributed by atoms with Crippen molar-refractivity contribution in [3.05, 3.63) is 239 Å². The maximum atomic E-state index is 16.0. The van der Waals surface area contributed by atoms with E-state index in [1.54, 1.807) is 94.1 Å². The number of aromatic hydroxyl groups is 3. The highest BCUT2D eigenvalue weighted by Crippen LogP contribution is 2.46. The zero-order valence-electron chi connectivity index (χ0n) is 57.0. The molecule has 0 aliphatic carbocycles. The number of aromatic nitrogens is 11. The molecule has 0 unspecified atom stereocenters. The zero-order chi connectivity index (χ0) is 74.4. The Kier molecular flexibility index (Phi) is 18.9. The smallest absolute Gasteiger partial charge is 0.289 e. The minimum absolute atomic E-state index is 0.0182. The molecule has 108 heavy (non-hydrogen) atoms. The fourth-order valence-electron chi connectivity index (χ4n) is 14.4. The van der Waals surface area contributed by atoms with Crippen LogP contribution in [0.25, 0.3) is 98.4 Å². The molecule has 0 radical (unpaired) electrons. The molecule has 540 valence electrons. The third-order valence-electron chi connectivity index (χ3n) is 19.6. The molecule has 18 rings (SSSR count). The van der Waals surface area contributed by atoms with Gasteiger partial charge in [-0.1, -0.05) is 108 Å². The molecule has 3 amide bonds. The Labute approximate surface area is 627 Å². The van der Waals surface area contributed by atoms with E-state index >= 15 is 13.2 Å². The van der Waals surface area contributed by atoms with Crippen molar-refractivity contribution in [1.29, 1.82) is 0 Å². The molecule has 9 heterocycles. The maximum absolute atomic E-state index is 16.0. The molecule has 23 nitrogen and oxygen atoms in total. The zero-order valence-corrected chi connectivity index (χ0v) is 59.2.